The number of nitrogens with one attached hydrogen (secondary N) is 2. The number of rotatable bonds is 6. The molecule has 2 aliphatic rings. The Morgan fingerprint density at radius 3 is 2.58 bits per heavy atom. The second-order valence-electron chi connectivity index (χ2n) is 9.86. The molecule has 1 fully saturated rings. The predicted octanol–water partition coefficient (Wildman–Crippen LogP) is 3.74. The number of hydrogen-bond acceptors (Lipinski definition) is 5. The number of pyridine rings is 1. The van der Waals surface area contributed by atoms with Gasteiger partial charge in [-0.15, -0.1) is 0 Å². The van der Waals surface area contributed by atoms with Gasteiger partial charge < -0.3 is 19.8 Å². The average Bonchev–Trinajstić information content (AvgIpc) is 3.24. The summed E-state index contributed by atoms with van der Waals surface area (Å²) < 4.78 is 11.6. The van der Waals surface area contributed by atoms with Crippen molar-refractivity contribution in [3.05, 3.63) is 86.3 Å². The van der Waals surface area contributed by atoms with E-state index in [2.05, 4.69) is 39.5 Å². The molecule has 36 heavy (non-hydrogen) atoms. The van der Waals surface area contributed by atoms with Crippen molar-refractivity contribution in [3.63, 3.8) is 0 Å². The number of aromatic nitrogens is 1. The fourth-order valence-electron chi connectivity index (χ4n) is 5.06. The van der Waals surface area contributed by atoms with Gasteiger partial charge in [-0.05, 0) is 61.2 Å². The van der Waals surface area contributed by atoms with Crippen molar-refractivity contribution in [3.8, 4) is 16.9 Å². The Morgan fingerprint density at radius 2 is 1.86 bits per heavy atom. The van der Waals surface area contributed by atoms with E-state index in [1.165, 1.54) is 5.56 Å². The molecule has 3 heterocycles. The van der Waals surface area contributed by atoms with Crippen LogP contribution < -0.4 is 15.6 Å². The number of fused-ring (bicyclic) bond motifs is 1. The topological polar surface area (TPSA) is 83.7 Å². The van der Waals surface area contributed by atoms with Gasteiger partial charge in [0.1, 0.15) is 11.9 Å². The van der Waals surface area contributed by atoms with Crippen LogP contribution in [0.5, 0.6) is 5.75 Å². The zero-order valence-corrected chi connectivity index (χ0v) is 21.1. The van der Waals surface area contributed by atoms with Gasteiger partial charge in [0.2, 0.25) is 0 Å². The minimum absolute atomic E-state index is 0.0615. The van der Waals surface area contributed by atoms with Gasteiger partial charge in [0, 0.05) is 55.0 Å². The highest BCUT2D eigenvalue weighted by molar-refractivity contribution is 5.96. The van der Waals surface area contributed by atoms with Crippen LogP contribution >= 0.6 is 0 Å². The molecule has 1 saturated heterocycles. The smallest absolute Gasteiger partial charge is 0.253 e. The van der Waals surface area contributed by atoms with Crippen LogP contribution in [0.2, 0.25) is 0 Å². The number of ether oxygens (including phenoxy) is 2. The van der Waals surface area contributed by atoms with Crippen molar-refractivity contribution < 1.29 is 14.3 Å². The number of H-pyrrole nitrogens is 1. The zero-order valence-electron chi connectivity index (χ0n) is 21.1. The molecule has 0 spiro atoms. The van der Waals surface area contributed by atoms with Gasteiger partial charge in [-0.3, -0.25) is 14.5 Å². The maximum Gasteiger partial charge on any atom is 0.253 e. The molecule has 2 aromatic carbocycles. The van der Waals surface area contributed by atoms with Gasteiger partial charge in [0.25, 0.3) is 11.5 Å². The molecule has 0 saturated carbocycles. The first-order valence-electron chi connectivity index (χ1n) is 12.6. The number of amides is 1. The van der Waals surface area contributed by atoms with E-state index in [1.54, 1.807) is 0 Å². The summed E-state index contributed by atoms with van der Waals surface area (Å²) in [4.78, 5) is 30.7. The Labute approximate surface area is 211 Å². The van der Waals surface area contributed by atoms with Gasteiger partial charge in [0.15, 0.2) is 0 Å². The Kier molecular flexibility index (Phi) is 6.94. The van der Waals surface area contributed by atoms with E-state index in [9.17, 15) is 9.59 Å². The van der Waals surface area contributed by atoms with E-state index in [-0.39, 0.29) is 24.1 Å². The number of nitrogens with zero attached hydrogens (tertiary/aromatic N) is 1. The normalized spacial score (nSPS) is 17.5. The van der Waals surface area contributed by atoms with E-state index in [1.807, 2.05) is 39.0 Å². The largest absolute Gasteiger partial charge is 0.489 e. The summed E-state index contributed by atoms with van der Waals surface area (Å²) in [6.07, 6.45) is 0.821. The van der Waals surface area contributed by atoms with Crippen LogP contribution in [0.25, 0.3) is 11.1 Å². The molecule has 3 aromatic rings. The molecule has 7 heteroatoms. The van der Waals surface area contributed by atoms with Crippen LogP contribution in [0.1, 0.15) is 45.2 Å². The van der Waals surface area contributed by atoms with Gasteiger partial charge in [-0.1, -0.05) is 24.3 Å². The molecular formula is C29H33N3O4. The van der Waals surface area contributed by atoms with Crippen molar-refractivity contribution in [1.29, 1.82) is 0 Å². The van der Waals surface area contributed by atoms with Crippen molar-refractivity contribution in [2.45, 2.75) is 46.4 Å². The van der Waals surface area contributed by atoms with E-state index in [0.717, 1.165) is 73.0 Å². The number of carbonyl (C=O) groups excluding carboxylic acids is 1. The Morgan fingerprint density at radius 1 is 1.11 bits per heavy atom. The minimum atomic E-state index is -0.207. The highest BCUT2D eigenvalue weighted by Gasteiger charge is 2.25. The third-order valence-electron chi connectivity index (χ3n) is 6.95. The lowest BCUT2D eigenvalue weighted by molar-refractivity contribution is 0.0342. The van der Waals surface area contributed by atoms with Gasteiger partial charge in [-0.25, -0.2) is 0 Å². The number of morpholine rings is 1. The van der Waals surface area contributed by atoms with E-state index in [4.69, 9.17) is 9.47 Å². The quantitative estimate of drug-likeness (QED) is 0.553. The van der Waals surface area contributed by atoms with Crippen LogP contribution in [0.3, 0.4) is 0 Å². The summed E-state index contributed by atoms with van der Waals surface area (Å²) in [7, 11) is 0. The monoisotopic (exact) mass is 487 g/mol. The maximum atomic E-state index is 13.2. The molecule has 5 rings (SSSR count). The Bertz CT molecular complexity index is 1320. The molecule has 0 bridgehead atoms. The summed E-state index contributed by atoms with van der Waals surface area (Å²) in [5.74, 6) is 0.646. The van der Waals surface area contributed by atoms with Crippen LogP contribution in [0, 0.1) is 13.8 Å². The molecule has 0 radical (unpaired) electrons. The number of hydrogen-bond donors (Lipinski definition) is 2. The second-order valence-corrected chi connectivity index (χ2v) is 9.86. The third-order valence-corrected chi connectivity index (χ3v) is 6.95. The van der Waals surface area contributed by atoms with E-state index >= 15 is 0 Å². The number of carbonyl (C=O) groups is 1. The van der Waals surface area contributed by atoms with Crippen molar-refractivity contribution in [2.75, 3.05) is 26.3 Å². The SMILES string of the molecule is Cc1cc(C)c(CNC(=O)c2cc3c(c(-c4ccc(CN5CCOCC5)cc4)c2)OC(C)C3)c(=O)[nH]1. The number of aromatic amines is 1. The molecule has 0 aliphatic carbocycles. The standard InChI is InChI=1S/C29H33N3O4/c1-18-12-19(2)31-29(34)26(18)16-30-28(33)24-14-23-13-20(3)36-27(23)25(15-24)22-6-4-21(5-7-22)17-32-8-10-35-11-9-32/h4-7,12,14-15,20H,8-11,13,16-17H2,1-3H3,(H,30,33)(H,31,34). The van der Waals surface area contributed by atoms with Crippen LogP contribution in [-0.2, 0) is 24.2 Å². The van der Waals surface area contributed by atoms with Crippen LogP contribution in [0.15, 0.2) is 47.3 Å². The average molecular weight is 488 g/mol. The molecule has 2 aliphatic heterocycles. The molecule has 1 atom stereocenters. The molecule has 188 valence electrons. The summed E-state index contributed by atoms with van der Waals surface area (Å²) in [5.41, 5.74) is 6.87. The first-order valence-corrected chi connectivity index (χ1v) is 12.6. The zero-order chi connectivity index (χ0) is 25.2. The number of benzene rings is 2. The maximum absolute atomic E-state index is 13.2. The lowest BCUT2D eigenvalue weighted by atomic mass is 9.96. The van der Waals surface area contributed by atoms with Crippen LogP contribution in [-0.4, -0.2) is 48.2 Å². The fourth-order valence-corrected chi connectivity index (χ4v) is 5.06. The molecule has 7 nitrogen and oxygen atoms in total. The Hall–Kier alpha value is -3.42. The second kappa shape index (κ2) is 10.3. The lowest BCUT2D eigenvalue weighted by Gasteiger charge is -2.26. The fraction of sp³-hybridized carbons (Fsp3) is 0.379. The number of aryl methyl sites for hydroxylation is 2. The van der Waals surface area contributed by atoms with Gasteiger partial charge in [-0.2, -0.15) is 0 Å². The summed E-state index contributed by atoms with van der Waals surface area (Å²) >= 11 is 0. The van der Waals surface area contributed by atoms with Crippen molar-refractivity contribution in [2.24, 2.45) is 0 Å². The summed E-state index contributed by atoms with van der Waals surface area (Å²) in [6.45, 7) is 10.3. The van der Waals surface area contributed by atoms with Gasteiger partial charge in [0.05, 0.1) is 13.2 Å². The Balaban J connectivity index is 1.38. The molecular weight excluding hydrogens is 454 g/mol. The minimum Gasteiger partial charge on any atom is -0.489 e. The van der Waals surface area contributed by atoms with E-state index < -0.39 is 0 Å². The summed E-state index contributed by atoms with van der Waals surface area (Å²) in [6, 6.07) is 14.2. The van der Waals surface area contributed by atoms with Gasteiger partial charge >= 0.3 is 0 Å². The molecule has 1 unspecified atom stereocenters. The first kappa shape index (κ1) is 24.3. The third kappa shape index (κ3) is 5.22. The van der Waals surface area contributed by atoms with Crippen molar-refractivity contribution >= 4 is 5.91 Å². The lowest BCUT2D eigenvalue weighted by Crippen LogP contribution is -2.35. The van der Waals surface area contributed by atoms with Crippen molar-refractivity contribution in [1.82, 2.24) is 15.2 Å². The highest BCUT2D eigenvalue weighted by atomic mass is 16.5. The highest BCUT2D eigenvalue weighted by Crippen LogP contribution is 2.40. The molecule has 2 N–H and O–H groups in total. The van der Waals surface area contributed by atoms with E-state index in [0.29, 0.717) is 11.1 Å². The molecule has 1 aromatic heterocycles. The predicted molar refractivity (Wildman–Crippen MR) is 139 cm³/mol. The summed E-state index contributed by atoms with van der Waals surface area (Å²) in [5, 5.41) is 2.94. The first-order chi connectivity index (χ1) is 17.4. The molecule has 1 amide bonds. The van der Waals surface area contributed by atoms with Crippen LogP contribution in [0.4, 0.5) is 0 Å².